The molecule has 0 bridgehead atoms. The highest BCUT2D eigenvalue weighted by molar-refractivity contribution is 5.59. The molecule has 0 aliphatic carbocycles. The smallest absolute Gasteiger partial charge is 0.423 e. The van der Waals surface area contributed by atoms with E-state index in [4.69, 9.17) is 11.2 Å². The highest BCUT2D eigenvalue weighted by atomic mass is 19.4. The lowest BCUT2D eigenvalue weighted by Gasteiger charge is -2.11. The molecule has 1 aromatic carbocycles. The molecule has 1 aromatic heterocycles. The number of aromatic nitrogens is 2. The van der Waals surface area contributed by atoms with Gasteiger partial charge in [0.2, 0.25) is 5.88 Å². The molecular weight excluding hydrogens is 349 g/mol. The standard InChI is InChI=1S/C13H7F3N4O5/c1-2-5-25-12-9(13(14,15)16)7-17-18(12)10-4-3-8(19(21)22)6-11(10)20(23)24/h1,3-4,6-7H,5H2. The zero-order valence-electron chi connectivity index (χ0n) is 12.1. The maximum atomic E-state index is 13.0. The van der Waals surface area contributed by atoms with E-state index in [0.717, 1.165) is 12.1 Å². The molecule has 0 N–H and O–H groups in total. The van der Waals surface area contributed by atoms with Crippen molar-refractivity contribution in [1.29, 1.82) is 0 Å². The van der Waals surface area contributed by atoms with Crippen LogP contribution in [0.1, 0.15) is 5.56 Å². The van der Waals surface area contributed by atoms with E-state index in [0.29, 0.717) is 16.9 Å². The first-order valence-electron chi connectivity index (χ1n) is 6.31. The van der Waals surface area contributed by atoms with Gasteiger partial charge in [-0.2, -0.15) is 23.0 Å². The second-order valence-electron chi connectivity index (χ2n) is 4.45. The summed E-state index contributed by atoms with van der Waals surface area (Å²) < 4.78 is 44.4. The Morgan fingerprint density at radius 3 is 2.48 bits per heavy atom. The number of rotatable bonds is 5. The predicted octanol–water partition coefficient (Wildman–Crippen LogP) is 2.72. The molecule has 12 heteroatoms. The molecule has 0 unspecified atom stereocenters. The van der Waals surface area contributed by atoms with Crippen molar-refractivity contribution in [3.8, 4) is 23.9 Å². The van der Waals surface area contributed by atoms with Gasteiger partial charge in [0.1, 0.15) is 11.3 Å². The Labute approximate surface area is 136 Å². The van der Waals surface area contributed by atoms with Gasteiger partial charge in [0.05, 0.1) is 22.1 Å². The Kier molecular flexibility index (Phi) is 4.59. The first-order valence-corrected chi connectivity index (χ1v) is 6.31. The van der Waals surface area contributed by atoms with Crippen molar-refractivity contribution in [1.82, 2.24) is 9.78 Å². The second kappa shape index (κ2) is 6.48. The molecular formula is C13H7F3N4O5. The molecule has 0 fully saturated rings. The minimum atomic E-state index is -4.85. The lowest BCUT2D eigenvalue weighted by Crippen LogP contribution is -2.11. The Balaban J connectivity index is 2.70. The monoisotopic (exact) mass is 356 g/mol. The molecule has 25 heavy (non-hydrogen) atoms. The van der Waals surface area contributed by atoms with Gasteiger partial charge < -0.3 is 4.74 Å². The Morgan fingerprint density at radius 2 is 1.96 bits per heavy atom. The summed E-state index contributed by atoms with van der Waals surface area (Å²) in [6.45, 7) is -0.546. The predicted molar refractivity (Wildman–Crippen MR) is 76.2 cm³/mol. The number of hydrogen-bond donors (Lipinski definition) is 0. The zero-order chi connectivity index (χ0) is 18.8. The van der Waals surface area contributed by atoms with Crippen molar-refractivity contribution in [3.63, 3.8) is 0 Å². The topological polar surface area (TPSA) is 113 Å². The van der Waals surface area contributed by atoms with E-state index in [-0.39, 0.29) is 0 Å². The molecule has 1 heterocycles. The number of benzene rings is 1. The number of hydrogen-bond acceptors (Lipinski definition) is 6. The van der Waals surface area contributed by atoms with E-state index in [1.54, 1.807) is 0 Å². The molecule has 130 valence electrons. The van der Waals surface area contributed by atoms with Crippen LogP contribution >= 0.6 is 0 Å². The Morgan fingerprint density at radius 1 is 1.28 bits per heavy atom. The van der Waals surface area contributed by atoms with Crippen molar-refractivity contribution in [2.75, 3.05) is 6.61 Å². The fourth-order valence-corrected chi connectivity index (χ4v) is 1.90. The summed E-state index contributed by atoms with van der Waals surface area (Å²) in [6, 6.07) is 2.39. The molecule has 0 aliphatic rings. The van der Waals surface area contributed by atoms with Gasteiger partial charge in [-0.1, -0.05) is 5.92 Å². The van der Waals surface area contributed by atoms with Crippen LogP contribution in [0.4, 0.5) is 24.5 Å². The number of nitro groups is 2. The number of alkyl halides is 3. The van der Waals surface area contributed by atoms with E-state index in [1.165, 1.54) is 0 Å². The molecule has 0 atom stereocenters. The van der Waals surface area contributed by atoms with Crippen LogP contribution in [0.3, 0.4) is 0 Å². The second-order valence-corrected chi connectivity index (χ2v) is 4.45. The number of terminal acetylenes is 1. The third-order valence-corrected chi connectivity index (χ3v) is 2.92. The summed E-state index contributed by atoms with van der Waals surface area (Å²) in [5, 5.41) is 25.3. The number of ether oxygens (including phenoxy) is 1. The molecule has 2 rings (SSSR count). The SMILES string of the molecule is C#CCOc1c(C(F)(F)F)cnn1-c1ccc([N+](=O)[O-])cc1[N+](=O)[O-]. The van der Waals surface area contributed by atoms with Gasteiger partial charge in [0, 0.05) is 6.07 Å². The number of nitro benzene ring substituents is 2. The van der Waals surface area contributed by atoms with Crippen molar-refractivity contribution >= 4 is 11.4 Å². The quantitative estimate of drug-likeness (QED) is 0.462. The number of halogens is 3. The first-order chi connectivity index (χ1) is 11.7. The van der Waals surface area contributed by atoms with Crippen molar-refractivity contribution in [2.45, 2.75) is 6.18 Å². The molecule has 2 aromatic rings. The van der Waals surface area contributed by atoms with E-state index < -0.39 is 51.1 Å². The number of non-ortho nitro benzene ring substituents is 1. The lowest BCUT2D eigenvalue weighted by atomic mass is 10.2. The fraction of sp³-hybridized carbons (Fsp3) is 0.154. The Hall–Kier alpha value is -3.62. The van der Waals surface area contributed by atoms with Crippen LogP contribution in [0.5, 0.6) is 5.88 Å². The third-order valence-electron chi connectivity index (χ3n) is 2.92. The highest BCUT2D eigenvalue weighted by Gasteiger charge is 2.38. The fourth-order valence-electron chi connectivity index (χ4n) is 1.90. The van der Waals surface area contributed by atoms with Crippen LogP contribution in [-0.2, 0) is 6.18 Å². The molecule has 0 saturated heterocycles. The van der Waals surface area contributed by atoms with E-state index in [1.807, 2.05) is 5.92 Å². The summed E-state index contributed by atoms with van der Waals surface area (Å²) in [4.78, 5) is 20.0. The molecule has 0 amide bonds. The molecule has 0 saturated carbocycles. The van der Waals surface area contributed by atoms with Crippen LogP contribution in [0, 0.1) is 32.6 Å². The van der Waals surface area contributed by atoms with Crippen molar-refractivity contribution in [3.05, 3.63) is 50.2 Å². The summed E-state index contributed by atoms with van der Waals surface area (Å²) in [5.74, 6) is 1.11. The van der Waals surface area contributed by atoms with Gasteiger partial charge in [-0.15, -0.1) is 6.42 Å². The highest BCUT2D eigenvalue weighted by Crippen LogP contribution is 2.39. The minimum Gasteiger partial charge on any atom is -0.464 e. The van der Waals surface area contributed by atoms with Crippen LogP contribution in [0.2, 0.25) is 0 Å². The van der Waals surface area contributed by atoms with E-state index in [2.05, 4.69) is 5.10 Å². The van der Waals surface area contributed by atoms with Crippen molar-refractivity contribution < 1.29 is 27.8 Å². The van der Waals surface area contributed by atoms with Crippen LogP contribution in [-0.4, -0.2) is 26.2 Å². The summed E-state index contributed by atoms with van der Waals surface area (Å²) in [7, 11) is 0. The first kappa shape index (κ1) is 17.7. The third kappa shape index (κ3) is 3.50. The van der Waals surface area contributed by atoms with Gasteiger partial charge >= 0.3 is 11.9 Å². The van der Waals surface area contributed by atoms with Crippen LogP contribution in [0.15, 0.2) is 24.4 Å². The summed E-state index contributed by atoms with van der Waals surface area (Å²) in [6.07, 6.45) is 0.519. The summed E-state index contributed by atoms with van der Waals surface area (Å²) in [5.41, 5.74) is -3.17. The summed E-state index contributed by atoms with van der Waals surface area (Å²) >= 11 is 0. The van der Waals surface area contributed by atoms with Crippen LogP contribution in [0.25, 0.3) is 5.69 Å². The molecule has 0 spiro atoms. The van der Waals surface area contributed by atoms with Gasteiger partial charge in [-0.25, -0.2) is 0 Å². The average molecular weight is 356 g/mol. The van der Waals surface area contributed by atoms with Crippen molar-refractivity contribution in [2.24, 2.45) is 0 Å². The van der Waals surface area contributed by atoms with Gasteiger partial charge in [0.25, 0.3) is 5.69 Å². The van der Waals surface area contributed by atoms with Crippen LogP contribution < -0.4 is 4.74 Å². The maximum absolute atomic E-state index is 13.0. The van der Waals surface area contributed by atoms with E-state index >= 15 is 0 Å². The largest absolute Gasteiger partial charge is 0.464 e. The van der Waals surface area contributed by atoms with E-state index in [9.17, 15) is 33.4 Å². The van der Waals surface area contributed by atoms with Gasteiger partial charge in [-0.05, 0) is 6.07 Å². The number of nitrogens with zero attached hydrogens (tertiary/aromatic N) is 4. The normalized spacial score (nSPS) is 11.0. The maximum Gasteiger partial charge on any atom is 0.423 e. The average Bonchev–Trinajstić information content (AvgIpc) is 2.95. The molecule has 0 aliphatic heterocycles. The minimum absolute atomic E-state index is 0.414. The van der Waals surface area contributed by atoms with Gasteiger partial charge in [0.15, 0.2) is 6.61 Å². The Bertz CT molecular complexity index is 885. The zero-order valence-corrected chi connectivity index (χ0v) is 12.1. The lowest BCUT2D eigenvalue weighted by molar-refractivity contribution is -0.394. The molecule has 0 radical (unpaired) electrons. The van der Waals surface area contributed by atoms with Gasteiger partial charge in [-0.3, -0.25) is 20.2 Å². The molecule has 9 nitrogen and oxygen atoms in total.